The Kier molecular flexibility index (Phi) is 2.45. The second-order valence-electron chi connectivity index (χ2n) is 4.57. The Bertz CT molecular complexity index is 520. The van der Waals surface area contributed by atoms with E-state index in [1.54, 1.807) is 0 Å². The van der Waals surface area contributed by atoms with Crippen LogP contribution in [0.2, 0.25) is 0 Å². The molecule has 1 heterocycles. The van der Waals surface area contributed by atoms with Crippen molar-refractivity contribution in [3.05, 3.63) is 23.8 Å². The number of benzene rings is 1. The summed E-state index contributed by atoms with van der Waals surface area (Å²) in [5.74, 6) is 0.642. The van der Waals surface area contributed by atoms with Gasteiger partial charge in [0.25, 0.3) is 0 Å². The van der Waals surface area contributed by atoms with Crippen molar-refractivity contribution < 1.29 is 17.0 Å². The Balaban J connectivity index is 2.43. The van der Waals surface area contributed by atoms with Gasteiger partial charge in [-0.1, -0.05) is 0 Å². The van der Waals surface area contributed by atoms with Crippen LogP contribution in [0.25, 0.3) is 0 Å². The summed E-state index contributed by atoms with van der Waals surface area (Å²) in [7, 11) is -4.62. The number of hydrogen-bond acceptors (Lipinski definition) is 3. The Labute approximate surface area is 94.5 Å². The molecule has 16 heavy (non-hydrogen) atoms. The average Bonchev–Trinajstić information content (AvgIpc) is 2.14. The summed E-state index contributed by atoms with van der Waals surface area (Å²) in [5.41, 5.74) is 0.501. The molecule has 3 nitrogen and oxygen atoms in total. The lowest BCUT2D eigenvalue weighted by atomic mass is 9.94. The summed E-state index contributed by atoms with van der Waals surface area (Å²) >= 11 is 0. The van der Waals surface area contributed by atoms with Crippen LogP contribution in [0.3, 0.4) is 0 Å². The molecule has 1 aromatic rings. The van der Waals surface area contributed by atoms with Gasteiger partial charge in [-0.05, 0) is 50.5 Å². The fourth-order valence-electron chi connectivity index (χ4n) is 1.79. The third kappa shape index (κ3) is 2.19. The van der Waals surface area contributed by atoms with Crippen molar-refractivity contribution in [2.75, 3.05) is 0 Å². The third-order valence-corrected chi connectivity index (χ3v) is 3.51. The van der Waals surface area contributed by atoms with E-state index in [4.69, 9.17) is 4.74 Å². The zero-order valence-corrected chi connectivity index (χ0v) is 9.97. The number of rotatable bonds is 1. The molecule has 1 aromatic carbocycles. The fraction of sp³-hybridized carbons (Fsp3) is 0.455. The Hall–Kier alpha value is -1.10. The van der Waals surface area contributed by atoms with E-state index in [9.17, 15) is 12.3 Å². The molecule has 88 valence electrons. The molecule has 1 aliphatic rings. The standard InChI is InChI=1S/C11H13FO3S/c1-11(2)6-5-8-7-9(16(12,13)14)3-4-10(8)15-11/h3-4,7H,5-6H2,1-2H3. The van der Waals surface area contributed by atoms with Gasteiger partial charge in [-0.3, -0.25) is 0 Å². The maximum absolute atomic E-state index is 12.8. The summed E-state index contributed by atoms with van der Waals surface area (Å²) in [5, 5.41) is 0. The first-order chi connectivity index (χ1) is 7.28. The molecule has 0 aromatic heterocycles. The molecule has 0 N–H and O–H groups in total. The average molecular weight is 244 g/mol. The highest BCUT2D eigenvalue weighted by molar-refractivity contribution is 7.86. The number of ether oxygens (including phenoxy) is 1. The molecule has 0 aliphatic carbocycles. The maximum atomic E-state index is 12.8. The van der Waals surface area contributed by atoms with Gasteiger partial charge in [0.05, 0.1) is 4.90 Å². The van der Waals surface area contributed by atoms with Gasteiger partial charge < -0.3 is 4.74 Å². The van der Waals surface area contributed by atoms with Crippen LogP contribution in [0.4, 0.5) is 3.89 Å². The minimum Gasteiger partial charge on any atom is -0.488 e. The topological polar surface area (TPSA) is 43.4 Å². The second kappa shape index (κ2) is 3.45. The molecule has 2 rings (SSSR count). The summed E-state index contributed by atoms with van der Waals surface area (Å²) in [4.78, 5) is -0.297. The van der Waals surface area contributed by atoms with E-state index in [0.29, 0.717) is 12.2 Å². The molecule has 0 bridgehead atoms. The van der Waals surface area contributed by atoms with Crippen LogP contribution >= 0.6 is 0 Å². The van der Waals surface area contributed by atoms with Crippen LogP contribution in [-0.4, -0.2) is 14.0 Å². The van der Waals surface area contributed by atoms with Gasteiger partial charge in [0.2, 0.25) is 0 Å². The van der Waals surface area contributed by atoms with Crippen molar-refractivity contribution in [2.24, 2.45) is 0 Å². The van der Waals surface area contributed by atoms with Gasteiger partial charge in [-0.25, -0.2) is 0 Å². The molecule has 0 saturated heterocycles. The Morgan fingerprint density at radius 1 is 1.38 bits per heavy atom. The predicted octanol–water partition coefficient (Wildman–Crippen LogP) is 2.45. The van der Waals surface area contributed by atoms with Gasteiger partial charge in [0.15, 0.2) is 0 Å². The van der Waals surface area contributed by atoms with Crippen LogP contribution in [-0.2, 0) is 16.6 Å². The first-order valence-electron chi connectivity index (χ1n) is 5.05. The Morgan fingerprint density at radius 2 is 2.06 bits per heavy atom. The summed E-state index contributed by atoms with van der Waals surface area (Å²) in [6.45, 7) is 3.94. The SMILES string of the molecule is CC1(C)CCc2cc(S(=O)(=O)F)ccc2O1. The van der Waals surface area contributed by atoms with Crippen LogP contribution in [0.15, 0.2) is 23.1 Å². The molecule has 0 spiro atoms. The monoisotopic (exact) mass is 244 g/mol. The lowest BCUT2D eigenvalue weighted by molar-refractivity contribution is 0.0845. The zero-order valence-electron chi connectivity index (χ0n) is 9.16. The smallest absolute Gasteiger partial charge is 0.332 e. The summed E-state index contributed by atoms with van der Waals surface area (Å²) < 4.78 is 39.9. The van der Waals surface area contributed by atoms with Gasteiger partial charge in [-0.15, -0.1) is 3.89 Å². The third-order valence-electron chi connectivity index (χ3n) is 2.70. The van der Waals surface area contributed by atoms with Crippen LogP contribution in [0.5, 0.6) is 5.75 Å². The van der Waals surface area contributed by atoms with Crippen LogP contribution in [0, 0.1) is 0 Å². The van der Waals surface area contributed by atoms with E-state index in [0.717, 1.165) is 12.0 Å². The van der Waals surface area contributed by atoms with E-state index in [1.165, 1.54) is 18.2 Å². The predicted molar refractivity (Wildman–Crippen MR) is 57.8 cm³/mol. The van der Waals surface area contributed by atoms with Gasteiger partial charge in [0.1, 0.15) is 11.4 Å². The largest absolute Gasteiger partial charge is 0.488 e. The zero-order chi connectivity index (χ0) is 12.0. The van der Waals surface area contributed by atoms with Crippen LogP contribution < -0.4 is 4.74 Å². The molecular weight excluding hydrogens is 231 g/mol. The van der Waals surface area contributed by atoms with Gasteiger partial charge in [0, 0.05) is 0 Å². The van der Waals surface area contributed by atoms with E-state index < -0.39 is 10.2 Å². The first-order valence-corrected chi connectivity index (χ1v) is 6.43. The highest BCUT2D eigenvalue weighted by Gasteiger charge is 2.27. The normalized spacial score (nSPS) is 18.7. The van der Waals surface area contributed by atoms with Gasteiger partial charge in [-0.2, -0.15) is 8.42 Å². The molecule has 5 heteroatoms. The fourth-order valence-corrected chi connectivity index (χ4v) is 2.30. The molecule has 0 amide bonds. The number of halogens is 1. The van der Waals surface area contributed by atoms with E-state index in [2.05, 4.69) is 0 Å². The highest BCUT2D eigenvalue weighted by Crippen LogP contribution is 2.34. The van der Waals surface area contributed by atoms with E-state index >= 15 is 0 Å². The molecule has 0 atom stereocenters. The second-order valence-corrected chi connectivity index (χ2v) is 5.92. The molecular formula is C11H13FO3S. The lowest BCUT2D eigenvalue weighted by Crippen LogP contribution is -2.32. The first kappa shape index (κ1) is 11.4. The number of fused-ring (bicyclic) bond motifs is 1. The van der Waals surface area contributed by atoms with Gasteiger partial charge >= 0.3 is 10.2 Å². The summed E-state index contributed by atoms with van der Waals surface area (Å²) in [6.07, 6.45) is 1.49. The minimum atomic E-state index is -4.62. The molecule has 1 aliphatic heterocycles. The minimum absolute atomic E-state index is 0.247. The molecule has 0 radical (unpaired) electrons. The van der Waals surface area contributed by atoms with Crippen molar-refractivity contribution in [1.29, 1.82) is 0 Å². The number of aryl methyl sites for hydroxylation is 1. The highest BCUT2D eigenvalue weighted by atomic mass is 32.3. The van der Waals surface area contributed by atoms with Crippen molar-refractivity contribution in [3.63, 3.8) is 0 Å². The quantitative estimate of drug-likeness (QED) is 0.713. The van der Waals surface area contributed by atoms with Crippen molar-refractivity contribution in [3.8, 4) is 5.75 Å². The van der Waals surface area contributed by atoms with E-state index in [-0.39, 0.29) is 10.5 Å². The van der Waals surface area contributed by atoms with E-state index in [1.807, 2.05) is 13.8 Å². The summed E-state index contributed by atoms with van der Waals surface area (Å²) in [6, 6.07) is 4.10. The maximum Gasteiger partial charge on any atom is 0.332 e. The lowest BCUT2D eigenvalue weighted by Gasteiger charge is -2.32. The van der Waals surface area contributed by atoms with Crippen LogP contribution in [0.1, 0.15) is 25.8 Å². The van der Waals surface area contributed by atoms with Crippen molar-refractivity contribution >= 4 is 10.2 Å². The molecule has 0 saturated carbocycles. The number of hydrogen-bond donors (Lipinski definition) is 0. The Morgan fingerprint density at radius 3 is 2.69 bits per heavy atom. The van der Waals surface area contributed by atoms with Crippen molar-refractivity contribution in [2.45, 2.75) is 37.2 Å². The molecule has 0 unspecified atom stereocenters. The molecule has 0 fully saturated rings. The van der Waals surface area contributed by atoms with Crippen molar-refractivity contribution in [1.82, 2.24) is 0 Å².